The van der Waals surface area contributed by atoms with E-state index in [4.69, 9.17) is 10.5 Å². The van der Waals surface area contributed by atoms with E-state index < -0.39 is 0 Å². The summed E-state index contributed by atoms with van der Waals surface area (Å²) in [6.07, 6.45) is 1.71. The quantitative estimate of drug-likeness (QED) is 0.784. The summed E-state index contributed by atoms with van der Waals surface area (Å²) in [6.45, 7) is 5.65. The molecule has 1 rings (SSSR count). The molecule has 0 aromatic heterocycles. The molecule has 78 valence electrons. The van der Waals surface area contributed by atoms with Crippen LogP contribution < -0.4 is 10.5 Å². The second kappa shape index (κ2) is 5.68. The van der Waals surface area contributed by atoms with Crippen LogP contribution in [0.2, 0.25) is 0 Å². The second-order valence-electron chi connectivity index (χ2n) is 2.99. The van der Waals surface area contributed by atoms with Crippen LogP contribution in [-0.2, 0) is 0 Å². The first-order valence-electron chi connectivity index (χ1n) is 4.21. The number of nitrogens with two attached hydrogens (primary N) is 1. The molecule has 0 saturated heterocycles. The van der Waals surface area contributed by atoms with E-state index in [9.17, 15) is 0 Å². The summed E-state index contributed by atoms with van der Waals surface area (Å²) in [5, 5.41) is 0. The van der Waals surface area contributed by atoms with Crippen LogP contribution in [0, 0.1) is 6.92 Å². The zero-order chi connectivity index (χ0) is 9.84. The molecule has 2 N–H and O–H groups in total. The first-order valence-corrected chi connectivity index (χ1v) is 4.21. The maximum Gasteiger partial charge on any atom is 0.122 e. The van der Waals surface area contributed by atoms with Crippen LogP contribution in [0.4, 0.5) is 0 Å². The average Bonchev–Trinajstić information content (AvgIpc) is 2.17. The van der Waals surface area contributed by atoms with Gasteiger partial charge < -0.3 is 10.5 Å². The molecule has 1 aromatic rings. The third kappa shape index (κ3) is 2.76. The number of hydrogen-bond acceptors (Lipinski definition) is 2. The van der Waals surface area contributed by atoms with E-state index in [0.29, 0.717) is 0 Å². The van der Waals surface area contributed by atoms with Gasteiger partial charge in [0.2, 0.25) is 0 Å². The third-order valence-electron chi connectivity index (χ3n) is 2.07. The Kier molecular flexibility index (Phi) is 5.28. The molecule has 0 bridgehead atoms. The van der Waals surface area contributed by atoms with Crippen molar-refractivity contribution >= 4 is 12.4 Å². The van der Waals surface area contributed by atoms with E-state index in [1.54, 1.807) is 13.2 Å². The maximum absolute atomic E-state index is 5.79. The highest BCUT2D eigenvalue weighted by molar-refractivity contribution is 5.85. The molecule has 0 aliphatic rings. The van der Waals surface area contributed by atoms with Crippen molar-refractivity contribution in [1.29, 1.82) is 0 Å². The normalized spacial score (nSPS) is 11.4. The molecule has 2 nitrogen and oxygen atoms in total. The van der Waals surface area contributed by atoms with Gasteiger partial charge in [-0.15, -0.1) is 19.0 Å². The van der Waals surface area contributed by atoms with Gasteiger partial charge >= 0.3 is 0 Å². The molecule has 1 atom stereocenters. The van der Waals surface area contributed by atoms with E-state index in [1.165, 1.54) is 0 Å². The highest BCUT2D eigenvalue weighted by atomic mass is 35.5. The Morgan fingerprint density at radius 3 is 2.64 bits per heavy atom. The first-order chi connectivity index (χ1) is 6.19. The Bertz CT molecular complexity index is 312. The maximum atomic E-state index is 5.79. The van der Waals surface area contributed by atoms with E-state index in [2.05, 4.69) is 6.58 Å². The van der Waals surface area contributed by atoms with E-state index in [1.807, 2.05) is 25.1 Å². The molecule has 0 amide bonds. The van der Waals surface area contributed by atoms with Gasteiger partial charge in [-0.05, 0) is 24.1 Å². The zero-order valence-electron chi connectivity index (χ0n) is 8.49. The standard InChI is InChI=1S/C11H15NO.ClH/c1-4-10(12)9-6-5-8(2)11(7-9)13-3;/h4-7,10H,1,12H2,2-3H3;1H/t10-;/m1./s1. The molecule has 0 aliphatic heterocycles. The van der Waals surface area contributed by atoms with Crippen LogP contribution in [0.15, 0.2) is 30.9 Å². The fourth-order valence-electron chi connectivity index (χ4n) is 1.18. The molecule has 0 heterocycles. The van der Waals surface area contributed by atoms with E-state index in [0.717, 1.165) is 16.9 Å². The fourth-order valence-corrected chi connectivity index (χ4v) is 1.18. The van der Waals surface area contributed by atoms with Gasteiger partial charge in [-0.25, -0.2) is 0 Å². The monoisotopic (exact) mass is 213 g/mol. The predicted molar refractivity (Wildman–Crippen MR) is 62.1 cm³/mol. The first kappa shape index (κ1) is 13.0. The molecule has 0 saturated carbocycles. The van der Waals surface area contributed by atoms with Gasteiger partial charge in [0.15, 0.2) is 0 Å². The number of hydrogen-bond donors (Lipinski definition) is 1. The lowest BCUT2D eigenvalue weighted by Gasteiger charge is -2.10. The van der Waals surface area contributed by atoms with Gasteiger partial charge in [-0.2, -0.15) is 0 Å². The van der Waals surface area contributed by atoms with Crippen molar-refractivity contribution in [3.8, 4) is 5.75 Å². The van der Waals surface area contributed by atoms with Crippen LogP contribution in [0.3, 0.4) is 0 Å². The number of benzene rings is 1. The SMILES string of the molecule is C=C[C@@H](N)c1ccc(C)c(OC)c1.Cl. The summed E-state index contributed by atoms with van der Waals surface area (Å²) < 4.78 is 5.19. The highest BCUT2D eigenvalue weighted by Crippen LogP contribution is 2.22. The third-order valence-corrected chi connectivity index (χ3v) is 2.07. The fraction of sp³-hybridized carbons (Fsp3) is 0.273. The lowest BCUT2D eigenvalue weighted by Crippen LogP contribution is -2.06. The Morgan fingerprint density at radius 1 is 1.50 bits per heavy atom. The molecular weight excluding hydrogens is 198 g/mol. The number of ether oxygens (including phenoxy) is 1. The molecule has 0 radical (unpaired) electrons. The number of rotatable bonds is 3. The molecule has 3 heteroatoms. The smallest absolute Gasteiger partial charge is 0.122 e. The summed E-state index contributed by atoms with van der Waals surface area (Å²) in [4.78, 5) is 0. The van der Waals surface area contributed by atoms with Crippen LogP contribution >= 0.6 is 12.4 Å². The predicted octanol–water partition coefficient (Wildman–Crippen LogP) is 2.61. The minimum absolute atomic E-state index is 0. The minimum atomic E-state index is -0.116. The van der Waals surface area contributed by atoms with E-state index >= 15 is 0 Å². The summed E-state index contributed by atoms with van der Waals surface area (Å²) >= 11 is 0. The lowest BCUT2D eigenvalue weighted by atomic mass is 10.1. The van der Waals surface area contributed by atoms with Crippen molar-refractivity contribution in [3.63, 3.8) is 0 Å². The Labute approximate surface area is 91.2 Å². The summed E-state index contributed by atoms with van der Waals surface area (Å²) in [5.74, 6) is 0.870. The summed E-state index contributed by atoms with van der Waals surface area (Å²) in [7, 11) is 1.66. The molecule has 0 spiro atoms. The molecule has 14 heavy (non-hydrogen) atoms. The summed E-state index contributed by atoms with van der Waals surface area (Å²) in [5.41, 5.74) is 7.93. The van der Waals surface area contributed by atoms with Gasteiger partial charge in [-0.1, -0.05) is 18.2 Å². The van der Waals surface area contributed by atoms with Crippen molar-refractivity contribution in [2.75, 3.05) is 7.11 Å². The van der Waals surface area contributed by atoms with Crippen molar-refractivity contribution < 1.29 is 4.74 Å². The number of halogens is 1. The van der Waals surface area contributed by atoms with Gasteiger partial charge in [0.25, 0.3) is 0 Å². The Morgan fingerprint density at radius 2 is 2.14 bits per heavy atom. The van der Waals surface area contributed by atoms with Crippen molar-refractivity contribution in [2.45, 2.75) is 13.0 Å². The van der Waals surface area contributed by atoms with Crippen LogP contribution in [0.25, 0.3) is 0 Å². The van der Waals surface area contributed by atoms with Crippen LogP contribution in [0.5, 0.6) is 5.75 Å². The number of aryl methyl sites for hydroxylation is 1. The molecule has 0 aliphatic carbocycles. The van der Waals surface area contributed by atoms with E-state index in [-0.39, 0.29) is 18.4 Å². The average molecular weight is 214 g/mol. The Hall–Kier alpha value is -0.990. The van der Waals surface area contributed by atoms with Crippen molar-refractivity contribution in [1.82, 2.24) is 0 Å². The van der Waals surface area contributed by atoms with Gasteiger partial charge in [0, 0.05) is 6.04 Å². The van der Waals surface area contributed by atoms with Gasteiger partial charge in [-0.3, -0.25) is 0 Å². The summed E-state index contributed by atoms with van der Waals surface area (Å²) in [6, 6.07) is 5.82. The number of methoxy groups -OCH3 is 1. The lowest BCUT2D eigenvalue weighted by molar-refractivity contribution is 0.411. The highest BCUT2D eigenvalue weighted by Gasteiger charge is 2.04. The van der Waals surface area contributed by atoms with Crippen LogP contribution in [0.1, 0.15) is 17.2 Å². The van der Waals surface area contributed by atoms with Crippen molar-refractivity contribution in [3.05, 3.63) is 42.0 Å². The Balaban J connectivity index is 0.00000169. The zero-order valence-corrected chi connectivity index (χ0v) is 9.30. The van der Waals surface area contributed by atoms with Crippen LogP contribution in [-0.4, -0.2) is 7.11 Å². The van der Waals surface area contributed by atoms with Crippen molar-refractivity contribution in [2.24, 2.45) is 5.73 Å². The van der Waals surface area contributed by atoms with Gasteiger partial charge in [0.1, 0.15) is 5.75 Å². The minimum Gasteiger partial charge on any atom is -0.496 e. The molecule has 0 unspecified atom stereocenters. The largest absolute Gasteiger partial charge is 0.496 e. The molecular formula is C11H16ClNO. The second-order valence-corrected chi connectivity index (χ2v) is 2.99. The molecule has 0 fully saturated rings. The van der Waals surface area contributed by atoms with Gasteiger partial charge in [0.05, 0.1) is 7.11 Å². The molecule has 1 aromatic carbocycles. The topological polar surface area (TPSA) is 35.2 Å².